The molecule has 2 aromatic carbocycles. The molecule has 1 amide bonds. The number of nitrogens with one attached hydrogen (secondary N) is 2. The van der Waals surface area contributed by atoms with E-state index in [2.05, 4.69) is 34.6 Å². The van der Waals surface area contributed by atoms with E-state index in [9.17, 15) is 9.59 Å². The van der Waals surface area contributed by atoms with E-state index >= 15 is 0 Å². The van der Waals surface area contributed by atoms with Gasteiger partial charge in [-0.3, -0.25) is 9.59 Å². The van der Waals surface area contributed by atoms with Gasteiger partial charge in [0.05, 0.1) is 6.20 Å². The lowest BCUT2D eigenvalue weighted by molar-refractivity contribution is -0.121. The Kier molecular flexibility index (Phi) is 5.42. The van der Waals surface area contributed by atoms with Crippen molar-refractivity contribution in [2.24, 2.45) is 0 Å². The fourth-order valence-electron chi connectivity index (χ4n) is 3.80. The molecule has 6 nitrogen and oxygen atoms in total. The molecule has 2 N–H and O–H groups in total. The molecule has 0 saturated heterocycles. The molecule has 0 spiro atoms. The Morgan fingerprint density at radius 3 is 2.69 bits per heavy atom. The highest BCUT2D eigenvalue weighted by molar-refractivity contribution is 6.07. The standard InChI is InChI=1S/C23H24N4O2/c1-16(17-8-3-2-4-9-17)14-24-21(28)12-7-13-27-20-11-6-5-10-18(20)19-15-25-26-23(29)22(19)27/h2-6,8-11,15-16H,7,12-14H2,1H3,(H,24,28)(H,26,29)/t16-/m1/s1. The number of hydrogen-bond donors (Lipinski definition) is 2. The molecule has 0 radical (unpaired) electrons. The molecular weight excluding hydrogens is 364 g/mol. The number of amides is 1. The molecule has 4 aromatic rings. The van der Waals surface area contributed by atoms with Gasteiger partial charge < -0.3 is 9.88 Å². The van der Waals surface area contributed by atoms with Crippen molar-refractivity contribution in [3.8, 4) is 0 Å². The third-order valence-corrected chi connectivity index (χ3v) is 5.34. The first-order chi connectivity index (χ1) is 14.1. The summed E-state index contributed by atoms with van der Waals surface area (Å²) in [5.74, 6) is 0.299. The maximum atomic E-state index is 12.4. The summed E-state index contributed by atoms with van der Waals surface area (Å²) < 4.78 is 1.99. The van der Waals surface area contributed by atoms with Gasteiger partial charge in [-0.1, -0.05) is 55.5 Å². The van der Waals surface area contributed by atoms with Crippen LogP contribution in [0.1, 0.15) is 31.2 Å². The number of nitrogens with zero attached hydrogens (tertiary/aromatic N) is 2. The number of rotatable bonds is 7. The summed E-state index contributed by atoms with van der Waals surface area (Å²) in [6.07, 6.45) is 2.76. The fourth-order valence-corrected chi connectivity index (χ4v) is 3.80. The predicted molar refractivity (Wildman–Crippen MR) is 115 cm³/mol. The van der Waals surface area contributed by atoms with Gasteiger partial charge in [0.1, 0.15) is 5.52 Å². The lowest BCUT2D eigenvalue weighted by Crippen LogP contribution is -2.27. The average Bonchev–Trinajstić information content (AvgIpc) is 3.08. The van der Waals surface area contributed by atoms with Crippen molar-refractivity contribution in [3.63, 3.8) is 0 Å². The predicted octanol–water partition coefficient (Wildman–Crippen LogP) is 3.58. The highest BCUT2D eigenvalue weighted by atomic mass is 16.1. The summed E-state index contributed by atoms with van der Waals surface area (Å²) in [5.41, 5.74) is 2.60. The van der Waals surface area contributed by atoms with E-state index < -0.39 is 0 Å². The summed E-state index contributed by atoms with van der Waals surface area (Å²) in [6.45, 7) is 3.32. The van der Waals surface area contributed by atoms with Crippen molar-refractivity contribution in [2.45, 2.75) is 32.2 Å². The van der Waals surface area contributed by atoms with Gasteiger partial charge in [0.2, 0.25) is 5.91 Å². The highest BCUT2D eigenvalue weighted by Gasteiger charge is 2.14. The SMILES string of the molecule is C[C@H](CNC(=O)CCCn1c2ccccc2c2cn[nH]c(=O)c21)c1ccccc1. The molecule has 0 unspecified atom stereocenters. The van der Waals surface area contributed by atoms with Crippen molar-refractivity contribution in [1.29, 1.82) is 0 Å². The molecule has 0 aliphatic carbocycles. The van der Waals surface area contributed by atoms with Gasteiger partial charge in [0, 0.05) is 35.8 Å². The molecule has 1 atom stereocenters. The van der Waals surface area contributed by atoms with Crippen molar-refractivity contribution in [3.05, 3.63) is 76.7 Å². The number of fused-ring (bicyclic) bond motifs is 3. The molecule has 2 heterocycles. The zero-order valence-corrected chi connectivity index (χ0v) is 16.4. The van der Waals surface area contributed by atoms with Crippen LogP contribution in [0.2, 0.25) is 0 Å². The Morgan fingerprint density at radius 2 is 1.86 bits per heavy atom. The number of carbonyl (C=O) groups is 1. The Hall–Kier alpha value is -3.41. The van der Waals surface area contributed by atoms with Crippen LogP contribution in [0.5, 0.6) is 0 Å². The first-order valence-electron chi connectivity index (χ1n) is 9.91. The van der Waals surface area contributed by atoms with Crippen molar-refractivity contribution in [1.82, 2.24) is 20.1 Å². The van der Waals surface area contributed by atoms with Gasteiger partial charge in [-0.25, -0.2) is 5.10 Å². The largest absolute Gasteiger partial charge is 0.356 e. The van der Waals surface area contributed by atoms with Gasteiger partial charge in [-0.05, 0) is 24.0 Å². The van der Waals surface area contributed by atoms with E-state index in [1.54, 1.807) is 6.20 Å². The maximum absolute atomic E-state index is 12.4. The van der Waals surface area contributed by atoms with Gasteiger partial charge in [0.25, 0.3) is 5.56 Å². The lowest BCUT2D eigenvalue weighted by Gasteiger charge is -2.13. The molecule has 4 rings (SSSR count). The number of H-pyrrole nitrogens is 1. The monoisotopic (exact) mass is 388 g/mol. The molecule has 0 fully saturated rings. The van der Waals surface area contributed by atoms with Crippen LogP contribution in [0.15, 0.2) is 65.6 Å². The second kappa shape index (κ2) is 8.31. The molecule has 0 aliphatic heterocycles. The van der Waals surface area contributed by atoms with Crippen LogP contribution in [-0.4, -0.2) is 27.2 Å². The second-order valence-corrected chi connectivity index (χ2v) is 7.35. The Morgan fingerprint density at radius 1 is 1.10 bits per heavy atom. The van der Waals surface area contributed by atoms with E-state index in [1.165, 1.54) is 5.56 Å². The van der Waals surface area contributed by atoms with E-state index in [0.29, 0.717) is 31.4 Å². The zero-order chi connectivity index (χ0) is 20.2. The number of aromatic amines is 1. The van der Waals surface area contributed by atoms with Crippen LogP contribution in [0, 0.1) is 0 Å². The minimum Gasteiger partial charge on any atom is -0.356 e. The number of para-hydroxylation sites is 1. The van der Waals surface area contributed by atoms with Crippen molar-refractivity contribution in [2.75, 3.05) is 6.54 Å². The number of benzene rings is 2. The Labute approximate surface area is 168 Å². The number of aromatic nitrogens is 3. The number of hydrogen-bond acceptors (Lipinski definition) is 3. The molecule has 29 heavy (non-hydrogen) atoms. The average molecular weight is 388 g/mol. The summed E-state index contributed by atoms with van der Waals surface area (Å²) in [5, 5.41) is 11.3. The van der Waals surface area contributed by atoms with Gasteiger partial charge >= 0.3 is 0 Å². The Balaban J connectivity index is 1.41. The van der Waals surface area contributed by atoms with E-state index in [1.807, 2.05) is 47.0 Å². The maximum Gasteiger partial charge on any atom is 0.288 e. The van der Waals surface area contributed by atoms with Crippen LogP contribution < -0.4 is 10.9 Å². The molecule has 2 aromatic heterocycles. The molecular formula is C23H24N4O2. The molecule has 6 heteroatoms. The fraction of sp³-hybridized carbons (Fsp3) is 0.261. The molecule has 0 bridgehead atoms. The van der Waals surface area contributed by atoms with E-state index in [4.69, 9.17) is 0 Å². The Bertz CT molecular complexity index is 1190. The minimum absolute atomic E-state index is 0.0316. The third-order valence-electron chi connectivity index (χ3n) is 5.34. The minimum atomic E-state index is -0.208. The van der Waals surface area contributed by atoms with Crippen molar-refractivity contribution >= 4 is 27.7 Å². The topological polar surface area (TPSA) is 79.8 Å². The normalized spacial score (nSPS) is 12.3. The quantitative estimate of drug-likeness (QED) is 0.508. The third kappa shape index (κ3) is 3.92. The summed E-state index contributed by atoms with van der Waals surface area (Å²) in [4.78, 5) is 24.7. The second-order valence-electron chi connectivity index (χ2n) is 7.35. The molecule has 148 valence electrons. The van der Waals surface area contributed by atoms with E-state index in [-0.39, 0.29) is 17.4 Å². The van der Waals surface area contributed by atoms with Crippen molar-refractivity contribution < 1.29 is 4.79 Å². The number of aryl methyl sites for hydroxylation is 1. The molecule has 0 aliphatic rings. The summed E-state index contributed by atoms with van der Waals surface area (Å²) >= 11 is 0. The van der Waals surface area contributed by atoms with E-state index in [0.717, 1.165) is 16.3 Å². The number of carbonyl (C=O) groups excluding carboxylic acids is 1. The summed E-state index contributed by atoms with van der Waals surface area (Å²) in [7, 11) is 0. The lowest BCUT2D eigenvalue weighted by atomic mass is 10.0. The first kappa shape index (κ1) is 18.9. The first-order valence-corrected chi connectivity index (χ1v) is 9.91. The highest BCUT2D eigenvalue weighted by Crippen LogP contribution is 2.26. The van der Waals surface area contributed by atoms with Crippen LogP contribution >= 0.6 is 0 Å². The zero-order valence-electron chi connectivity index (χ0n) is 16.4. The summed E-state index contributed by atoms with van der Waals surface area (Å²) in [6, 6.07) is 18.1. The van der Waals surface area contributed by atoms with Crippen LogP contribution in [-0.2, 0) is 11.3 Å². The van der Waals surface area contributed by atoms with Gasteiger partial charge in [-0.15, -0.1) is 0 Å². The van der Waals surface area contributed by atoms with Gasteiger partial charge in [-0.2, -0.15) is 5.10 Å². The van der Waals surface area contributed by atoms with Crippen LogP contribution in [0.3, 0.4) is 0 Å². The van der Waals surface area contributed by atoms with Crippen LogP contribution in [0.25, 0.3) is 21.8 Å². The smallest absolute Gasteiger partial charge is 0.288 e. The molecule has 0 saturated carbocycles. The van der Waals surface area contributed by atoms with Crippen LogP contribution in [0.4, 0.5) is 0 Å². The van der Waals surface area contributed by atoms with Gasteiger partial charge in [0.15, 0.2) is 0 Å².